The van der Waals surface area contributed by atoms with Crippen LogP contribution in [0.15, 0.2) is 6.07 Å². The number of rotatable bonds is 6. The van der Waals surface area contributed by atoms with Crippen LogP contribution in [0, 0.1) is 6.92 Å². The fourth-order valence-electron chi connectivity index (χ4n) is 2.50. The minimum Gasteiger partial charge on any atom is -0.478 e. The van der Waals surface area contributed by atoms with Crippen LogP contribution in [0.2, 0.25) is 0 Å². The quantitative estimate of drug-likeness (QED) is 0.867. The molecule has 2 unspecified atom stereocenters. The second-order valence-electron chi connectivity index (χ2n) is 4.80. The molecule has 1 fully saturated rings. The molecule has 2 atom stereocenters. The first kappa shape index (κ1) is 14.4. The normalized spacial score (nSPS) is 22.5. The van der Waals surface area contributed by atoms with Gasteiger partial charge in [0, 0.05) is 17.4 Å². The maximum atomic E-state index is 5.46. The molecule has 0 spiro atoms. The van der Waals surface area contributed by atoms with Gasteiger partial charge in [0.15, 0.2) is 0 Å². The maximum Gasteiger partial charge on any atom is 0.218 e. The molecule has 0 bridgehead atoms. The van der Waals surface area contributed by atoms with Crippen molar-refractivity contribution in [2.45, 2.75) is 51.3 Å². The van der Waals surface area contributed by atoms with Gasteiger partial charge in [-0.3, -0.25) is 0 Å². The number of ether oxygens (including phenoxy) is 1. The summed E-state index contributed by atoms with van der Waals surface area (Å²) in [5, 5.41) is 4.33. The van der Waals surface area contributed by atoms with E-state index in [9.17, 15) is 0 Å². The Labute approximate surface area is 119 Å². The van der Waals surface area contributed by atoms with Crippen LogP contribution in [-0.2, 0) is 0 Å². The summed E-state index contributed by atoms with van der Waals surface area (Å²) in [5.74, 6) is 3.52. The molecule has 0 aliphatic heterocycles. The Balaban J connectivity index is 1.95. The lowest BCUT2D eigenvalue weighted by Crippen LogP contribution is -2.17. The summed E-state index contributed by atoms with van der Waals surface area (Å²) in [7, 11) is 0. The highest BCUT2D eigenvalue weighted by molar-refractivity contribution is 7.99. The Morgan fingerprint density at radius 3 is 2.95 bits per heavy atom. The van der Waals surface area contributed by atoms with Crippen molar-refractivity contribution in [3.05, 3.63) is 11.9 Å². The third-order valence-electron chi connectivity index (χ3n) is 3.25. The van der Waals surface area contributed by atoms with Gasteiger partial charge in [-0.1, -0.05) is 6.92 Å². The zero-order chi connectivity index (χ0) is 13.7. The number of nitrogens with one attached hydrogen (secondary N) is 1. The molecular formula is C14H23N3OS. The standard InChI is InChI=1S/C14H23N3OS/c1-4-18-14-9-13(15-10(3)16-14)17-11-6-7-12(8-11)19-5-2/h9,11-12H,4-8H2,1-3H3,(H,15,16,17). The molecule has 4 nitrogen and oxygen atoms in total. The largest absolute Gasteiger partial charge is 0.478 e. The number of thioether (sulfide) groups is 1. The first-order chi connectivity index (χ1) is 9.21. The van der Waals surface area contributed by atoms with Crippen LogP contribution >= 0.6 is 11.8 Å². The highest BCUT2D eigenvalue weighted by Crippen LogP contribution is 2.31. The zero-order valence-electron chi connectivity index (χ0n) is 12.0. The Bertz CT molecular complexity index is 414. The zero-order valence-corrected chi connectivity index (χ0v) is 12.8. The third-order valence-corrected chi connectivity index (χ3v) is 4.48. The Kier molecular flexibility index (Phi) is 5.31. The van der Waals surface area contributed by atoms with Crippen LogP contribution in [0.1, 0.15) is 38.9 Å². The SMILES string of the molecule is CCOc1cc(NC2CCC(SCC)C2)nc(C)n1. The molecule has 0 aromatic carbocycles. The average Bonchev–Trinajstić information content (AvgIpc) is 2.76. The van der Waals surface area contributed by atoms with E-state index in [0.29, 0.717) is 18.5 Å². The van der Waals surface area contributed by atoms with Crippen molar-refractivity contribution in [2.24, 2.45) is 0 Å². The lowest BCUT2D eigenvalue weighted by Gasteiger charge is -2.14. The number of aryl methyl sites for hydroxylation is 1. The molecule has 1 N–H and O–H groups in total. The van der Waals surface area contributed by atoms with Gasteiger partial charge in [-0.25, -0.2) is 4.98 Å². The minimum absolute atomic E-state index is 0.535. The highest BCUT2D eigenvalue weighted by Gasteiger charge is 2.24. The van der Waals surface area contributed by atoms with E-state index in [1.54, 1.807) is 0 Å². The Hall–Kier alpha value is -0.970. The Morgan fingerprint density at radius 2 is 2.21 bits per heavy atom. The van der Waals surface area contributed by atoms with Crippen molar-refractivity contribution < 1.29 is 4.74 Å². The fraction of sp³-hybridized carbons (Fsp3) is 0.714. The topological polar surface area (TPSA) is 47.0 Å². The van der Waals surface area contributed by atoms with Gasteiger partial charge >= 0.3 is 0 Å². The van der Waals surface area contributed by atoms with Gasteiger partial charge in [-0.15, -0.1) is 0 Å². The molecule has 2 rings (SSSR count). The van der Waals surface area contributed by atoms with Gasteiger partial charge in [0.1, 0.15) is 11.6 Å². The van der Waals surface area contributed by atoms with E-state index < -0.39 is 0 Å². The monoisotopic (exact) mass is 281 g/mol. The van der Waals surface area contributed by atoms with Gasteiger partial charge in [0.2, 0.25) is 5.88 Å². The van der Waals surface area contributed by atoms with Crippen LogP contribution in [0.3, 0.4) is 0 Å². The summed E-state index contributed by atoms with van der Waals surface area (Å²) < 4.78 is 5.46. The predicted molar refractivity (Wildman–Crippen MR) is 81.1 cm³/mol. The van der Waals surface area contributed by atoms with E-state index in [-0.39, 0.29) is 0 Å². The molecule has 0 amide bonds. The van der Waals surface area contributed by atoms with Crippen molar-refractivity contribution in [3.8, 4) is 5.88 Å². The number of hydrogen-bond acceptors (Lipinski definition) is 5. The first-order valence-corrected chi connectivity index (χ1v) is 8.12. The van der Waals surface area contributed by atoms with Crippen LogP contribution in [0.25, 0.3) is 0 Å². The molecule has 0 radical (unpaired) electrons. The van der Waals surface area contributed by atoms with E-state index >= 15 is 0 Å². The fourth-order valence-corrected chi connectivity index (χ4v) is 3.65. The number of anilines is 1. The van der Waals surface area contributed by atoms with Crippen molar-refractivity contribution in [2.75, 3.05) is 17.7 Å². The molecule has 1 saturated carbocycles. The summed E-state index contributed by atoms with van der Waals surface area (Å²) in [4.78, 5) is 8.71. The van der Waals surface area contributed by atoms with E-state index in [2.05, 4.69) is 34.0 Å². The third kappa shape index (κ3) is 4.27. The first-order valence-electron chi connectivity index (χ1n) is 7.07. The molecule has 106 valence electrons. The van der Waals surface area contributed by atoms with Crippen molar-refractivity contribution in [1.82, 2.24) is 9.97 Å². The van der Waals surface area contributed by atoms with E-state index in [4.69, 9.17) is 4.74 Å². The van der Waals surface area contributed by atoms with Gasteiger partial charge < -0.3 is 10.1 Å². The summed E-state index contributed by atoms with van der Waals surface area (Å²) in [5.41, 5.74) is 0. The van der Waals surface area contributed by atoms with Crippen molar-refractivity contribution in [3.63, 3.8) is 0 Å². The summed E-state index contributed by atoms with van der Waals surface area (Å²) in [6.07, 6.45) is 3.76. The average molecular weight is 281 g/mol. The molecule has 1 aliphatic rings. The van der Waals surface area contributed by atoms with Gasteiger partial charge in [-0.05, 0) is 38.9 Å². The minimum atomic E-state index is 0.535. The van der Waals surface area contributed by atoms with Gasteiger partial charge in [0.25, 0.3) is 0 Å². The molecule has 1 heterocycles. The maximum absolute atomic E-state index is 5.46. The number of aromatic nitrogens is 2. The number of nitrogens with zero attached hydrogens (tertiary/aromatic N) is 2. The highest BCUT2D eigenvalue weighted by atomic mass is 32.2. The van der Waals surface area contributed by atoms with Crippen LogP contribution in [0.5, 0.6) is 5.88 Å². The van der Waals surface area contributed by atoms with Crippen molar-refractivity contribution >= 4 is 17.6 Å². The van der Waals surface area contributed by atoms with Crippen LogP contribution in [0.4, 0.5) is 5.82 Å². The van der Waals surface area contributed by atoms with E-state index in [1.807, 2.05) is 19.9 Å². The summed E-state index contributed by atoms with van der Waals surface area (Å²) in [6, 6.07) is 2.43. The summed E-state index contributed by atoms with van der Waals surface area (Å²) >= 11 is 2.07. The molecule has 0 saturated heterocycles. The molecular weight excluding hydrogens is 258 g/mol. The second-order valence-corrected chi connectivity index (χ2v) is 6.38. The lowest BCUT2D eigenvalue weighted by molar-refractivity contribution is 0.325. The second kappa shape index (κ2) is 6.98. The smallest absolute Gasteiger partial charge is 0.218 e. The van der Waals surface area contributed by atoms with E-state index in [0.717, 1.165) is 16.9 Å². The van der Waals surface area contributed by atoms with Crippen LogP contribution in [-0.4, -0.2) is 33.6 Å². The Morgan fingerprint density at radius 1 is 1.37 bits per heavy atom. The number of hydrogen-bond donors (Lipinski definition) is 1. The van der Waals surface area contributed by atoms with E-state index in [1.165, 1.54) is 25.0 Å². The molecule has 19 heavy (non-hydrogen) atoms. The lowest BCUT2D eigenvalue weighted by atomic mass is 10.2. The van der Waals surface area contributed by atoms with Crippen molar-refractivity contribution in [1.29, 1.82) is 0 Å². The molecule has 1 aromatic heterocycles. The molecule has 1 aromatic rings. The predicted octanol–water partition coefficient (Wildman–Crippen LogP) is 3.27. The van der Waals surface area contributed by atoms with Gasteiger partial charge in [0.05, 0.1) is 6.61 Å². The summed E-state index contributed by atoms with van der Waals surface area (Å²) in [6.45, 7) is 6.73. The molecule has 1 aliphatic carbocycles. The van der Waals surface area contributed by atoms with Gasteiger partial charge in [-0.2, -0.15) is 16.7 Å². The van der Waals surface area contributed by atoms with Crippen LogP contribution < -0.4 is 10.1 Å². The molecule has 5 heteroatoms.